The Labute approximate surface area is 196 Å². The van der Waals surface area contributed by atoms with Gasteiger partial charge in [-0.15, -0.1) is 0 Å². The van der Waals surface area contributed by atoms with Crippen LogP contribution in [0.15, 0.2) is 48.5 Å². The monoisotopic (exact) mass is 449 g/mol. The molecule has 33 heavy (non-hydrogen) atoms. The van der Waals surface area contributed by atoms with Crippen molar-refractivity contribution in [2.75, 3.05) is 6.54 Å². The van der Waals surface area contributed by atoms with Crippen LogP contribution in [0.3, 0.4) is 0 Å². The second kappa shape index (κ2) is 8.62. The van der Waals surface area contributed by atoms with Gasteiger partial charge in [-0.2, -0.15) is 0 Å². The molecule has 6 nitrogen and oxygen atoms in total. The van der Waals surface area contributed by atoms with Gasteiger partial charge in [0.15, 0.2) is 0 Å². The van der Waals surface area contributed by atoms with E-state index in [4.69, 9.17) is 9.31 Å². The lowest BCUT2D eigenvalue weighted by atomic mass is 9.76. The van der Waals surface area contributed by atoms with Gasteiger partial charge in [-0.3, -0.25) is 9.59 Å². The summed E-state index contributed by atoms with van der Waals surface area (Å²) in [5, 5.41) is 10.2. The molecule has 2 heterocycles. The summed E-state index contributed by atoms with van der Waals surface area (Å²) in [5.74, 6) is -1.88. The van der Waals surface area contributed by atoms with Crippen LogP contribution in [0.2, 0.25) is 0 Å². The Morgan fingerprint density at radius 2 is 1.64 bits per heavy atom. The molecule has 0 aromatic heterocycles. The molecule has 1 N–H and O–H groups in total. The maximum absolute atomic E-state index is 13.4. The zero-order chi connectivity index (χ0) is 24.0. The SMILES string of the molecule is CCCCN1C(=O)c2ccccc2[C@@H](C(=O)O)[C@H]1c1ccc(B2OC(C)(C)C(C)(C)O2)cc1. The van der Waals surface area contributed by atoms with Crippen molar-refractivity contribution < 1.29 is 24.0 Å². The summed E-state index contributed by atoms with van der Waals surface area (Å²) < 4.78 is 12.3. The first-order chi connectivity index (χ1) is 15.6. The molecule has 0 saturated carbocycles. The molecule has 0 spiro atoms. The standard InChI is InChI=1S/C26H32BNO5/c1-6-7-16-28-22(21(24(30)31)19-10-8-9-11-20(19)23(28)29)17-12-14-18(15-13-17)27-32-25(2,3)26(4,5)33-27/h8-15,21-22H,6-7,16H2,1-5H3,(H,30,31)/t21-,22-/m1/s1. The van der Waals surface area contributed by atoms with Crippen LogP contribution in [-0.4, -0.2) is 46.7 Å². The first-order valence-electron chi connectivity index (χ1n) is 11.7. The summed E-state index contributed by atoms with van der Waals surface area (Å²) in [4.78, 5) is 27.6. The minimum Gasteiger partial charge on any atom is -0.481 e. The number of rotatable bonds is 6. The summed E-state index contributed by atoms with van der Waals surface area (Å²) in [6.45, 7) is 10.6. The van der Waals surface area contributed by atoms with Gasteiger partial charge in [-0.1, -0.05) is 55.8 Å². The number of carboxylic acid groups (broad SMARTS) is 1. The second-order valence-electron chi connectivity index (χ2n) is 9.96. The van der Waals surface area contributed by atoms with Gasteiger partial charge >= 0.3 is 13.1 Å². The predicted octanol–water partition coefficient (Wildman–Crippen LogP) is 4.15. The Morgan fingerprint density at radius 1 is 1.03 bits per heavy atom. The number of nitrogens with zero attached hydrogens (tertiary/aromatic N) is 1. The second-order valence-corrected chi connectivity index (χ2v) is 9.96. The van der Waals surface area contributed by atoms with Crippen LogP contribution in [0.5, 0.6) is 0 Å². The van der Waals surface area contributed by atoms with E-state index in [9.17, 15) is 14.7 Å². The molecule has 0 unspecified atom stereocenters. The minimum absolute atomic E-state index is 0.114. The Morgan fingerprint density at radius 3 is 2.21 bits per heavy atom. The van der Waals surface area contributed by atoms with E-state index < -0.39 is 36.2 Å². The average Bonchev–Trinajstić information content (AvgIpc) is 2.99. The number of hydrogen-bond donors (Lipinski definition) is 1. The van der Waals surface area contributed by atoms with Crippen LogP contribution in [0.4, 0.5) is 0 Å². The molecule has 0 bridgehead atoms. The van der Waals surface area contributed by atoms with Crippen molar-refractivity contribution >= 4 is 24.5 Å². The molecule has 174 valence electrons. The molecule has 1 saturated heterocycles. The number of hydrogen-bond acceptors (Lipinski definition) is 4. The molecule has 1 amide bonds. The van der Waals surface area contributed by atoms with Gasteiger partial charge in [-0.25, -0.2) is 0 Å². The van der Waals surface area contributed by atoms with E-state index in [-0.39, 0.29) is 5.91 Å². The molecule has 2 aromatic carbocycles. The maximum atomic E-state index is 13.4. The lowest BCUT2D eigenvalue weighted by molar-refractivity contribution is -0.140. The number of carbonyl (C=O) groups excluding carboxylic acids is 1. The third kappa shape index (κ3) is 4.09. The maximum Gasteiger partial charge on any atom is 0.494 e. The quantitative estimate of drug-likeness (QED) is 0.671. The number of carboxylic acids is 1. The van der Waals surface area contributed by atoms with E-state index in [1.54, 1.807) is 29.2 Å². The van der Waals surface area contributed by atoms with Gasteiger partial charge in [0, 0.05) is 12.1 Å². The summed E-state index contributed by atoms with van der Waals surface area (Å²) in [6.07, 6.45) is 1.72. The van der Waals surface area contributed by atoms with Crippen LogP contribution >= 0.6 is 0 Å². The number of unbranched alkanes of at least 4 members (excludes halogenated alkanes) is 1. The number of benzene rings is 2. The highest BCUT2D eigenvalue weighted by atomic mass is 16.7. The molecule has 0 radical (unpaired) electrons. The minimum atomic E-state index is -0.934. The van der Waals surface area contributed by atoms with E-state index in [2.05, 4.69) is 6.92 Å². The van der Waals surface area contributed by atoms with E-state index >= 15 is 0 Å². The van der Waals surface area contributed by atoms with Crippen molar-refractivity contribution in [3.05, 3.63) is 65.2 Å². The van der Waals surface area contributed by atoms with Crippen molar-refractivity contribution in [2.24, 2.45) is 0 Å². The molecule has 2 aliphatic heterocycles. The lowest BCUT2D eigenvalue weighted by Crippen LogP contribution is -2.45. The Kier molecular flexibility index (Phi) is 6.14. The highest BCUT2D eigenvalue weighted by molar-refractivity contribution is 6.62. The summed E-state index contributed by atoms with van der Waals surface area (Å²) in [7, 11) is -0.496. The van der Waals surface area contributed by atoms with Gasteiger partial charge < -0.3 is 19.3 Å². The average molecular weight is 449 g/mol. The third-order valence-corrected chi connectivity index (χ3v) is 7.26. The number of fused-ring (bicyclic) bond motifs is 1. The molecule has 7 heteroatoms. The highest BCUT2D eigenvalue weighted by Gasteiger charge is 2.52. The van der Waals surface area contributed by atoms with Crippen LogP contribution in [0.25, 0.3) is 0 Å². The number of carbonyl (C=O) groups is 2. The third-order valence-electron chi connectivity index (χ3n) is 7.26. The fourth-order valence-electron chi connectivity index (χ4n) is 4.63. The highest BCUT2D eigenvalue weighted by Crippen LogP contribution is 2.43. The molecular weight excluding hydrogens is 417 g/mol. The van der Waals surface area contributed by atoms with Gasteiger partial charge in [0.2, 0.25) is 0 Å². The van der Waals surface area contributed by atoms with Gasteiger partial charge in [0.05, 0.1) is 17.2 Å². The van der Waals surface area contributed by atoms with E-state index in [1.807, 2.05) is 52.0 Å². The first kappa shape index (κ1) is 23.5. The topological polar surface area (TPSA) is 76.1 Å². The molecule has 4 rings (SSSR count). The van der Waals surface area contributed by atoms with Crippen LogP contribution in [-0.2, 0) is 14.1 Å². The zero-order valence-corrected chi connectivity index (χ0v) is 20.0. The fourth-order valence-corrected chi connectivity index (χ4v) is 4.63. The van der Waals surface area contributed by atoms with Crippen molar-refractivity contribution in [3.63, 3.8) is 0 Å². The molecule has 1 fully saturated rings. The summed E-state index contributed by atoms with van der Waals surface area (Å²) >= 11 is 0. The van der Waals surface area contributed by atoms with Crippen LogP contribution < -0.4 is 5.46 Å². The Balaban J connectivity index is 1.72. The van der Waals surface area contributed by atoms with Crippen molar-refractivity contribution in [1.29, 1.82) is 0 Å². The largest absolute Gasteiger partial charge is 0.494 e. The van der Waals surface area contributed by atoms with Gasteiger partial charge in [0.25, 0.3) is 5.91 Å². The molecule has 2 aromatic rings. The molecular formula is C26H32BNO5. The van der Waals surface area contributed by atoms with Gasteiger partial charge in [0.1, 0.15) is 5.92 Å². The van der Waals surface area contributed by atoms with Crippen molar-refractivity contribution in [1.82, 2.24) is 4.90 Å². The lowest BCUT2D eigenvalue weighted by Gasteiger charge is -2.41. The fraction of sp³-hybridized carbons (Fsp3) is 0.462. The molecule has 2 atom stereocenters. The Hall–Kier alpha value is -2.64. The normalized spacial score (nSPS) is 23.5. The van der Waals surface area contributed by atoms with E-state index in [1.165, 1.54) is 0 Å². The van der Waals surface area contributed by atoms with E-state index in [0.717, 1.165) is 23.9 Å². The molecule has 0 aliphatic carbocycles. The number of amides is 1. The van der Waals surface area contributed by atoms with E-state index in [0.29, 0.717) is 17.7 Å². The zero-order valence-electron chi connectivity index (χ0n) is 20.0. The first-order valence-corrected chi connectivity index (χ1v) is 11.7. The van der Waals surface area contributed by atoms with Crippen molar-refractivity contribution in [3.8, 4) is 0 Å². The summed E-state index contributed by atoms with van der Waals surface area (Å²) in [6, 6.07) is 14.1. The molecule has 2 aliphatic rings. The van der Waals surface area contributed by atoms with Crippen LogP contribution in [0.1, 0.15) is 80.9 Å². The van der Waals surface area contributed by atoms with Gasteiger partial charge in [-0.05, 0) is 56.8 Å². The van der Waals surface area contributed by atoms with Crippen molar-refractivity contribution in [2.45, 2.75) is 70.6 Å². The predicted molar refractivity (Wildman–Crippen MR) is 128 cm³/mol. The smallest absolute Gasteiger partial charge is 0.481 e. The van der Waals surface area contributed by atoms with Crippen LogP contribution in [0, 0.1) is 0 Å². The summed E-state index contributed by atoms with van der Waals surface area (Å²) in [5.41, 5.74) is 1.82. The Bertz CT molecular complexity index is 1030. The number of aliphatic carboxylic acids is 1.